The summed E-state index contributed by atoms with van der Waals surface area (Å²) < 4.78 is 22.6. The van der Waals surface area contributed by atoms with Crippen molar-refractivity contribution in [2.24, 2.45) is 5.92 Å². The molecular weight excluding hydrogens is 264 g/mol. The second kappa shape index (κ2) is 6.70. The van der Waals surface area contributed by atoms with Gasteiger partial charge in [-0.15, -0.1) is 0 Å². The van der Waals surface area contributed by atoms with E-state index in [1.165, 1.54) is 6.42 Å². The highest BCUT2D eigenvalue weighted by atomic mass is 32.2. The largest absolute Gasteiger partial charge is 0.353 e. The maximum atomic E-state index is 11.8. The number of sulfone groups is 1. The fraction of sp³-hybridized carbons (Fsp3) is 0.923. The summed E-state index contributed by atoms with van der Waals surface area (Å²) in [5.41, 5.74) is 0. The van der Waals surface area contributed by atoms with Crippen LogP contribution in [0.3, 0.4) is 0 Å². The predicted octanol–water partition coefficient (Wildman–Crippen LogP) is 0.474. The number of piperidine rings is 1. The third-order valence-corrected chi connectivity index (χ3v) is 5.73. The molecule has 0 spiro atoms. The van der Waals surface area contributed by atoms with Gasteiger partial charge in [0.2, 0.25) is 5.91 Å². The Morgan fingerprint density at radius 2 is 1.95 bits per heavy atom. The first-order chi connectivity index (χ1) is 9.05. The molecule has 2 rings (SSSR count). The van der Waals surface area contributed by atoms with Crippen molar-refractivity contribution >= 4 is 15.7 Å². The molecule has 0 aromatic carbocycles. The molecule has 0 saturated carbocycles. The van der Waals surface area contributed by atoms with Crippen LogP contribution in [0, 0.1) is 5.92 Å². The lowest BCUT2D eigenvalue weighted by atomic mass is 9.94. The van der Waals surface area contributed by atoms with Crippen LogP contribution in [-0.2, 0) is 14.6 Å². The molecule has 2 saturated heterocycles. The predicted molar refractivity (Wildman–Crippen MR) is 73.6 cm³/mol. The van der Waals surface area contributed by atoms with Crippen molar-refractivity contribution in [2.45, 2.75) is 44.6 Å². The van der Waals surface area contributed by atoms with Gasteiger partial charge in [-0.05, 0) is 38.0 Å². The first-order valence-corrected chi connectivity index (χ1v) is 9.00. The number of rotatable bonds is 4. The normalized spacial score (nSPS) is 27.9. The molecule has 0 aromatic heterocycles. The van der Waals surface area contributed by atoms with E-state index in [4.69, 9.17) is 0 Å². The van der Waals surface area contributed by atoms with Crippen LogP contribution < -0.4 is 10.6 Å². The molecule has 0 aliphatic carbocycles. The Bertz CT molecular complexity index is 388. The second-order valence-electron chi connectivity index (χ2n) is 5.67. The molecule has 1 radical (unpaired) electrons. The average Bonchev–Trinajstić information content (AvgIpc) is 2.40. The third-order valence-electron chi connectivity index (χ3n) is 4.02. The van der Waals surface area contributed by atoms with Crippen LogP contribution in [0.1, 0.15) is 38.5 Å². The lowest BCUT2D eigenvalue weighted by molar-refractivity contribution is -0.122. The van der Waals surface area contributed by atoms with Gasteiger partial charge in [-0.25, -0.2) is 13.7 Å². The van der Waals surface area contributed by atoms with Crippen molar-refractivity contribution < 1.29 is 13.2 Å². The minimum absolute atomic E-state index is 0.0482. The first kappa shape index (κ1) is 14.8. The van der Waals surface area contributed by atoms with Crippen molar-refractivity contribution in [3.63, 3.8) is 0 Å². The van der Waals surface area contributed by atoms with Gasteiger partial charge in [0.1, 0.15) is 9.84 Å². The van der Waals surface area contributed by atoms with Gasteiger partial charge in [-0.3, -0.25) is 4.79 Å². The topological polar surface area (TPSA) is 77.3 Å². The Morgan fingerprint density at radius 3 is 2.58 bits per heavy atom. The summed E-state index contributed by atoms with van der Waals surface area (Å²) in [5.74, 6) is 1.04. The minimum Gasteiger partial charge on any atom is -0.353 e. The molecule has 2 heterocycles. The van der Waals surface area contributed by atoms with E-state index in [2.05, 4.69) is 10.6 Å². The summed E-state index contributed by atoms with van der Waals surface area (Å²) in [6.07, 6.45) is 4.90. The molecular formula is C13H23N2O3S. The van der Waals surface area contributed by atoms with Gasteiger partial charge in [0.05, 0.1) is 11.5 Å². The maximum Gasteiger partial charge on any atom is 0.220 e. The fourth-order valence-electron chi connectivity index (χ4n) is 2.76. The summed E-state index contributed by atoms with van der Waals surface area (Å²) in [4.78, 5) is 11.8. The van der Waals surface area contributed by atoms with Gasteiger partial charge in [-0.2, -0.15) is 0 Å². The van der Waals surface area contributed by atoms with E-state index in [-0.39, 0.29) is 23.5 Å². The lowest BCUT2D eigenvalue weighted by Crippen LogP contribution is -2.41. The molecule has 1 N–H and O–H groups in total. The van der Waals surface area contributed by atoms with Gasteiger partial charge < -0.3 is 5.32 Å². The van der Waals surface area contributed by atoms with Crippen LogP contribution in [0.25, 0.3) is 0 Å². The van der Waals surface area contributed by atoms with E-state index in [0.717, 1.165) is 25.9 Å². The lowest BCUT2D eigenvalue weighted by Gasteiger charge is -2.24. The Kier molecular flexibility index (Phi) is 5.21. The number of nitrogens with zero attached hydrogens (tertiary/aromatic N) is 1. The van der Waals surface area contributed by atoms with E-state index in [0.29, 0.717) is 25.2 Å². The van der Waals surface area contributed by atoms with Crippen LogP contribution in [0.5, 0.6) is 0 Å². The zero-order valence-corrected chi connectivity index (χ0v) is 12.1. The number of carbonyl (C=O) groups excluding carboxylic acids is 1. The molecule has 0 aromatic rings. The molecule has 6 heteroatoms. The maximum absolute atomic E-state index is 11.8. The second-order valence-corrected chi connectivity index (χ2v) is 7.97. The molecule has 19 heavy (non-hydrogen) atoms. The molecule has 5 nitrogen and oxygen atoms in total. The van der Waals surface area contributed by atoms with Gasteiger partial charge in [0, 0.05) is 25.6 Å². The van der Waals surface area contributed by atoms with Gasteiger partial charge in [0.15, 0.2) is 0 Å². The molecule has 2 aliphatic heterocycles. The van der Waals surface area contributed by atoms with E-state index in [1.54, 1.807) is 0 Å². The zero-order chi connectivity index (χ0) is 13.7. The summed E-state index contributed by atoms with van der Waals surface area (Å²) in [7, 11) is -2.84. The van der Waals surface area contributed by atoms with Crippen LogP contribution in [0.15, 0.2) is 0 Å². The molecule has 1 amide bonds. The number of nitrogens with one attached hydrogen (secondary N) is 1. The average molecular weight is 287 g/mol. The van der Waals surface area contributed by atoms with E-state index in [9.17, 15) is 13.2 Å². The van der Waals surface area contributed by atoms with Crippen molar-refractivity contribution in [2.75, 3.05) is 24.6 Å². The number of carbonyl (C=O) groups is 1. The van der Waals surface area contributed by atoms with E-state index < -0.39 is 9.84 Å². The van der Waals surface area contributed by atoms with Crippen LogP contribution >= 0.6 is 0 Å². The van der Waals surface area contributed by atoms with Crippen molar-refractivity contribution in [3.8, 4) is 0 Å². The quantitative estimate of drug-likeness (QED) is 0.816. The molecule has 1 unspecified atom stereocenters. The molecule has 2 aliphatic rings. The Labute approximate surface area is 115 Å². The van der Waals surface area contributed by atoms with Crippen LogP contribution in [-0.4, -0.2) is 45.0 Å². The van der Waals surface area contributed by atoms with Gasteiger partial charge in [0.25, 0.3) is 0 Å². The summed E-state index contributed by atoms with van der Waals surface area (Å²) >= 11 is 0. The SMILES string of the molecule is O=C(CCC1CCC[N]C1)NC1CCS(=O)(=O)CC1. The van der Waals surface area contributed by atoms with Gasteiger partial charge >= 0.3 is 0 Å². The first-order valence-electron chi connectivity index (χ1n) is 7.18. The Hall–Kier alpha value is -0.620. The van der Waals surface area contributed by atoms with Crippen molar-refractivity contribution in [1.29, 1.82) is 0 Å². The smallest absolute Gasteiger partial charge is 0.220 e. The molecule has 0 bridgehead atoms. The molecule has 109 valence electrons. The third kappa shape index (κ3) is 5.10. The summed E-state index contributed by atoms with van der Waals surface area (Å²) in [5, 5.41) is 7.33. The zero-order valence-electron chi connectivity index (χ0n) is 11.3. The fourth-order valence-corrected chi connectivity index (χ4v) is 4.25. The van der Waals surface area contributed by atoms with E-state index in [1.807, 2.05) is 0 Å². The number of hydrogen-bond acceptors (Lipinski definition) is 3. The summed E-state index contributed by atoms with van der Waals surface area (Å²) in [6.45, 7) is 1.87. The van der Waals surface area contributed by atoms with Crippen LogP contribution in [0.4, 0.5) is 0 Å². The van der Waals surface area contributed by atoms with E-state index >= 15 is 0 Å². The number of hydrogen-bond donors (Lipinski definition) is 1. The highest BCUT2D eigenvalue weighted by Gasteiger charge is 2.24. The Morgan fingerprint density at radius 1 is 1.21 bits per heavy atom. The summed E-state index contributed by atoms with van der Waals surface area (Å²) in [6, 6.07) is 0.0482. The molecule has 1 atom stereocenters. The number of amides is 1. The van der Waals surface area contributed by atoms with Gasteiger partial charge in [-0.1, -0.05) is 0 Å². The monoisotopic (exact) mass is 287 g/mol. The van der Waals surface area contributed by atoms with Crippen molar-refractivity contribution in [1.82, 2.24) is 10.6 Å². The van der Waals surface area contributed by atoms with Crippen LogP contribution in [0.2, 0.25) is 0 Å². The highest BCUT2D eigenvalue weighted by molar-refractivity contribution is 7.91. The highest BCUT2D eigenvalue weighted by Crippen LogP contribution is 2.17. The minimum atomic E-state index is -2.84. The molecule has 2 fully saturated rings. The van der Waals surface area contributed by atoms with Crippen molar-refractivity contribution in [3.05, 3.63) is 0 Å². The standard InChI is InChI=1S/C13H23N2O3S/c16-13(4-3-11-2-1-7-14-10-11)15-12-5-8-19(17,18)9-6-12/h11-12H,1-10H2,(H,15,16). The Balaban J connectivity index is 1.64.